The largest absolute Gasteiger partial charge is 0.376 e. The minimum Gasteiger partial charge on any atom is -0.376 e. The number of aliphatic imine (C=N–C) groups is 1. The maximum atomic E-state index is 11.7. The fourth-order valence-electron chi connectivity index (χ4n) is 2.36. The predicted molar refractivity (Wildman–Crippen MR) is 92.8 cm³/mol. The van der Waals surface area contributed by atoms with Gasteiger partial charge in [-0.2, -0.15) is 5.10 Å². The number of aromatic nitrogens is 2. The second-order valence-corrected chi connectivity index (χ2v) is 6.02. The van der Waals surface area contributed by atoms with Gasteiger partial charge in [0.05, 0.1) is 6.10 Å². The van der Waals surface area contributed by atoms with Gasteiger partial charge in [-0.05, 0) is 25.3 Å². The molecule has 0 aliphatic carbocycles. The first-order chi connectivity index (χ1) is 11.6. The van der Waals surface area contributed by atoms with E-state index in [1.165, 1.54) is 0 Å². The zero-order valence-corrected chi connectivity index (χ0v) is 14.6. The normalized spacial score (nSPS) is 17.8. The SMILES string of the molecule is CN(C)C(=O)CN=C(NCCCn1cccn1)NCC1CCCO1. The Bertz CT molecular complexity index is 509. The number of likely N-dealkylation sites (N-methyl/N-ethyl adjacent to an activating group) is 1. The summed E-state index contributed by atoms with van der Waals surface area (Å²) >= 11 is 0. The molecule has 1 aliphatic heterocycles. The molecule has 1 aromatic heterocycles. The molecule has 1 unspecified atom stereocenters. The van der Waals surface area contributed by atoms with E-state index >= 15 is 0 Å². The van der Waals surface area contributed by atoms with E-state index in [2.05, 4.69) is 20.7 Å². The summed E-state index contributed by atoms with van der Waals surface area (Å²) in [6.45, 7) is 3.27. The molecule has 1 fully saturated rings. The summed E-state index contributed by atoms with van der Waals surface area (Å²) in [5, 5.41) is 10.7. The van der Waals surface area contributed by atoms with Crippen LogP contribution in [0.15, 0.2) is 23.5 Å². The third kappa shape index (κ3) is 6.57. The number of carbonyl (C=O) groups excluding carboxylic acids is 1. The first-order valence-electron chi connectivity index (χ1n) is 8.46. The van der Waals surface area contributed by atoms with Crippen LogP contribution in [0.3, 0.4) is 0 Å². The minimum atomic E-state index is -0.0234. The lowest BCUT2D eigenvalue weighted by Crippen LogP contribution is -2.42. The van der Waals surface area contributed by atoms with Crippen molar-refractivity contribution < 1.29 is 9.53 Å². The number of carbonyl (C=O) groups is 1. The quantitative estimate of drug-likeness (QED) is 0.399. The molecule has 2 N–H and O–H groups in total. The molecule has 8 nitrogen and oxygen atoms in total. The van der Waals surface area contributed by atoms with Gasteiger partial charge < -0.3 is 20.3 Å². The summed E-state index contributed by atoms with van der Waals surface area (Å²) in [5.41, 5.74) is 0. The first-order valence-corrected chi connectivity index (χ1v) is 8.46. The topological polar surface area (TPSA) is 83.8 Å². The minimum absolute atomic E-state index is 0.0234. The van der Waals surface area contributed by atoms with Gasteiger partial charge in [0, 0.05) is 52.7 Å². The Morgan fingerprint density at radius 3 is 3.00 bits per heavy atom. The number of ether oxygens (including phenoxy) is 1. The fraction of sp³-hybridized carbons (Fsp3) is 0.688. The van der Waals surface area contributed by atoms with Gasteiger partial charge in [-0.15, -0.1) is 0 Å². The summed E-state index contributed by atoms with van der Waals surface area (Å²) < 4.78 is 7.51. The summed E-state index contributed by atoms with van der Waals surface area (Å²) in [7, 11) is 3.46. The van der Waals surface area contributed by atoms with E-state index in [0.717, 1.165) is 39.0 Å². The van der Waals surface area contributed by atoms with E-state index in [9.17, 15) is 4.79 Å². The van der Waals surface area contributed by atoms with Crippen molar-refractivity contribution in [2.75, 3.05) is 40.3 Å². The molecule has 1 atom stereocenters. The molecule has 1 aromatic rings. The highest BCUT2D eigenvalue weighted by molar-refractivity contribution is 5.84. The zero-order chi connectivity index (χ0) is 17.2. The van der Waals surface area contributed by atoms with Gasteiger partial charge in [0.15, 0.2) is 5.96 Å². The summed E-state index contributed by atoms with van der Waals surface area (Å²) in [6.07, 6.45) is 7.04. The van der Waals surface area contributed by atoms with Crippen molar-refractivity contribution in [3.05, 3.63) is 18.5 Å². The molecule has 0 spiro atoms. The van der Waals surface area contributed by atoms with E-state index in [-0.39, 0.29) is 18.6 Å². The molecule has 2 rings (SSSR count). The Balaban J connectivity index is 1.76. The number of aryl methyl sites for hydroxylation is 1. The molecule has 134 valence electrons. The highest BCUT2D eigenvalue weighted by Gasteiger charge is 2.15. The van der Waals surface area contributed by atoms with Gasteiger partial charge in [0.25, 0.3) is 0 Å². The van der Waals surface area contributed by atoms with Crippen molar-refractivity contribution >= 4 is 11.9 Å². The standard InChI is InChI=1S/C16H28N6O2/c1-21(2)15(23)13-19-16(18-12-14-6-3-11-24-14)17-7-4-9-22-10-5-8-20-22/h5,8,10,14H,3-4,6-7,9,11-13H2,1-2H3,(H2,17,18,19). The Morgan fingerprint density at radius 1 is 1.46 bits per heavy atom. The Kier molecular flexibility index (Phi) is 7.54. The van der Waals surface area contributed by atoms with Crippen molar-refractivity contribution in [2.45, 2.75) is 31.9 Å². The van der Waals surface area contributed by atoms with Crippen molar-refractivity contribution in [1.82, 2.24) is 25.3 Å². The molecule has 0 radical (unpaired) electrons. The van der Waals surface area contributed by atoms with Crippen molar-refractivity contribution in [1.29, 1.82) is 0 Å². The van der Waals surface area contributed by atoms with Gasteiger partial charge in [0.2, 0.25) is 5.91 Å². The van der Waals surface area contributed by atoms with Crippen LogP contribution in [-0.2, 0) is 16.1 Å². The average molecular weight is 336 g/mol. The summed E-state index contributed by atoms with van der Waals surface area (Å²) in [6, 6.07) is 1.91. The third-order valence-electron chi connectivity index (χ3n) is 3.81. The molecular weight excluding hydrogens is 308 g/mol. The third-order valence-corrected chi connectivity index (χ3v) is 3.81. The maximum Gasteiger partial charge on any atom is 0.243 e. The molecular formula is C16H28N6O2. The lowest BCUT2D eigenvalue weighted by Gasteiger charge is -2.16. The summed E-state index contributed by atoms with van der Waals surface area (Å²) in [5.74, 6) is 0.630. The van der Waals surface area contributed by atoms with Gasteiger partial charge in [-0.3, -0.25) is 9.48 Å². The molecule has 24 heavy (non-hydrogen) atoms. The lowest BCUT2D eigenvalue weighted by atomic mass is 10.2. The molecule has 1 aliphatic rings. The van der Waals surface area contributed by atoms with Crippen molar-refractivity contribution in [3.8, 4) is 0 Å². The Labute approximate surface area is 143 Å². The smallest absolute Gasteiger partial charge is 0.243 e. The molecule has 1 amide bonds. The molecule has 2 heterocycles. The van der Waals surface area contributed by atoms with Crippen molar-refractivity contribution in [2.24, 2.45) is 4.99 Å². The molecule has 0 saturated carbocycles. The number of guanidine groups is 1. The first kappa shape index (κ1) is 18.3. The second kappa shape index (κ2) is 9.92. The van der Waals surface area contributed by atoms with Gasteiger partial charge in [-0.25, -0.2) is 4.99 Å². The van der Waals surface area contributed by atoms with Crippen LogP contribution < -0.4 is 10.6 Å². The zero-order valence-electron chi connectivity index (χ0n) is 14.6. The lowest BCUT2D eigenvalue weighted by molar-refractivity contribution is -0.127. The van der Waals surface area contributed by atoms with Crippen LogP contribution in [0.25, 0.3) is 0 Å². The number of nitrogens with one attached hydrogen (secondary N) is 2. The van der Waals surface area contributed by atoms with Crippen LogP contribution in [0.2, 0.25) is 0 Å². The van der Waals surface area contributed by atoms with Crippen LogP contribution >= 0.6 is 0 Å². The Morgan fingerprint density at radius 2 is 2.33 bits per heavy atom. The molecule has 0 bridgehead atoms. The number of hydrogen-bond acceptors (Lipinski definition) is 4. The number of nitrogens with zero attached hydrogens (tertiary/aromatic N) is 4. The van der Waals surface area contributed by atoms with Gasteiger partial charge in [-0.1, -0.05) is 0 Å². The van der Waals surface area contributed by atoms with E-state index in [4.69, 9.17) is 4.74 Å². The van der Waals surface area contributed by atoms with E-state index in [1.807, 2.05) is 16.9 Å². The Hall–Kier alpha value is -2.09. The van der Waals surface area contributed by atoms with Crippen molar-refractivity contribution in [3.63, 3.8) is 0 Å². The molecule has 8 heteroatoms. The number of hydrogen-bond donors (Lipinski definition) is 2. The summed E-state index contributed by atoms with van der Waals surface area (Å²) in [4.78, 5) is 17.6. The van der Waals surface area contributed by atoms with Gasteiger partial charge in [0.1, 0.15) is 6.54 Å². The maximum absolute atomic E-state index is 11.7. The van der Waals surface area contributed by atoms with Crippen LogP contribution in [-0.4, -0.2) is 73.0 Å². The van der Waals surface area contributed by atoms with E-state index in [1.54, 1.807) is 25.2 Å². The van der Waals surface area contributed by atoms with E-state index in [0.29, 0.717) is 12.5 Å². The van der Waals surface area contributed by atoms with Gasteiger partial charge >= 0.3 is 0 Å². The highest BCUT2D eigenvalue weighted by Crippen LogP contribution is 2.10. The van der Waals surface area contributed by atoms with Crippen LogP contribution in [0.1, 0.15) is 19.3 Å². The fourth-order valence-corrected chi connectivity index (χ4v) is 2.36. The van der Waals surface area contributed by atoms with E-state index < -0.39 is 0 Å². The van der Waals surface area contributed by atoms with Crippen LogP contribution in [0.4, 0.5) is 0 Å². The monoisotopic (exact) mass is 336 g/mol. The number of amides is 1. The molecule has 1 saturated heterocycles. The molecule has 0 aromatic carbocycles. The predicted octanol–water partition coefficient (Wildman–Crippen LogP) is 0.0756. The average Bonchev–Trinajstić information content (AvgIpc) is 3.26. The van der Waals surface area contributed by atoms with Crippen LogP contribution in [0, 0.1) is 0 Å². The second-order valence-electron chi connectivity index (χ2n) is 6.02. The highest BCUT2D eigenvalue weighted by atomic mass is 16.5. The number of rotatable bonds is 8. The van der Waals surface area contributed by atoms with Crippen LogP contribution in [0.5, 0.6) is 0 Å².